The van der Waals surface area contributed by atoms with E-state index in [0.29, 0.717) is 23.2 Å². The van der Waals surface area contributed by atoms with E-state index in [9.17, 15) is 10.2 Å². The minimum atomic E-state index is -0.195. The lowest BCUT2D eigenvalue weighted by Gasteiger charge is -2.44. The Morgan fingerprint density at radius 2 is 1.86 bits per heavy atom. The fourth-order valence-corrected chi connectivity index (χ4v) is 6.58. The zero-order chi connectivity index (χ0) is 21.2. The Labute approximate surface area is 179 Å². The quantitative estimate of drug-likeness (QED) is 0.528. The van der Waals surface area contributed by atoms with Crippen LogP contribution in [0, 0.1) is 29.1 Å². The van der Waals surface area contributed by atoms with E-state index in [-0.39, 0.29) is 12.2 Å². The molecule has 0 bridgehead atoms. The molecule has 2 heteroatoms. The molecule has 2 N–H and O–H groups in total. The molecule has 164 valence electrons. The first kappa shape index (κ1) is 22.8. The lowest BCUT2D eigenvalue weighted by atomic mass is 9.60. The molecule has 2 nitrogen and oxygen atoms in total. The molecule has 0 radical (unpaired) electrons. The first-order valence-electron chi connectivity index (χ1n) is 12.2. The van der Waals surface area contributed by atoms with Gasteiger partial charge in [0.2, 0.25) is 0 Å². The molecule has 3 aliphatic carbocycles. The van der Waals surface area contributed by atoms with Crippen molar-refractivity contribution in [3.63, 3.8) is 0 Å². The van der Waals surface area contributed by atoms with Crippen molar-refractivity contribution in [1.82, 2.24) is 0 Å². The van der Waals surface area contributed by atoms with Crippen LogP contribution in [-0.2, 0) is 0 Å². The van der Waals surface area contributed by atoms with Gasteiger partial charge in [-0.05, 0) is 98.9 Å². The van der Waals surface area contributed by atoms with Gasteiger partial charge in [-0.2, -0.15) is 0 Å². The van der Waals surface area contributed by atoms with Crippen LogP contribution >= 0.6 is 0 Å². The van der Waals surface area contributed by atoms with E-state index in [4.69, 9.17) is 0 Å². The summed E-state index contributed by atoms with van der Waals surface area (Å²) in [6, 6.07) is 0. The number of fused-ring (bicyclic) bond motifs is 1. The highest BCUT2D eigenvalue weighted by atomic mass is 16.3. The van der Waals surface area contributed by atoms with Gasteiger partial charge in [0.05, 0.1) is 12.2 Å². The topological polar surface area (TPSA) is 40.5 Å². The van der Waals surface area contributed by atoms with Crippen LogP contribution in [-0.4, -0.2) is 22.4 Å². The fourth-order valence-electron chi connectivity index (χ4n) is 6.58. The third-order valence-corrected chi connectivity index (χ3v) is 8.60. The highest BCUT2D eigenvalue weighted by Gasteiger charge is 2.50. The van der Waals surface area contributed by atoms with E-state index >= 15 is 0 Å². The van der Waals surface area contributed by atoms with E-state index < -0.39 is 0 Å². The summed E-state index contributed by atoms with van der Waals surface area (Å²) in [6.07, 6.45) is 15.5. The van der Waals surface area contributed by atoms with Crippen molar-refractivity contribution in [2.75, 3.05) is 0 Å². The number of hydrogen-bond acceptors (Lipinski definition) is 2. The zero-order valence-electron chi connectivity index (χ0n) is 19.3. The predicted octanol–water partition coefficient (Wildman–Crippen LogP) is 6.59. The third-order valence-electron chi connectivity index (χ3n) is 8.60. The van der Waals surface area contributed by atoms with E-state index in [2.05, 4.69) is 46.4 Å². The fraction of sp³-hybridized carbons (Fsp3) is 0.778. The summed E-state index contributed by atoms with van der Waals surface area (Å²) in [7, 11) is 0. The summed E-state index contributed by atoms with van der Waals surface area (Å²) in [5.41, 5.74) is 4.52. The number of rotatable bonds is 6. The van der Waals surface area contributed by atoms with E-state index in [0.717, 1.165) is 38.0 Å². The van der Waals surface area contributed by atoms with Crippen LogP contribution in [0.4, 0.5) is 0 Å². The van der Waals surface area contributed by atoms with Crippen molar-refractivity contribution in [3.8, 4) is 0 Å². The molecule has 0 amide bonds. The Bertz CT molecular complexity index is 643. The molecule has 3 aliphatic rings. The van der Waals surface area contributed by atoms with Crippen LogP contribution in [0.5, 0.6) is 0 Å². The summed E-state index contributed by atoms with van der Waals surface area (Å²) in [5, 5.41) is 20.3. The van der Waals surface area contributed by atoms with Crippen molar-refractivity contribution in [1.29, 1.82) is 0 Å². The standard InChI is InChI=1S/C27H44O2/c1-18(2)26(29)15-9-20(4)24-13-14-25-21(7-6-16-27(24,25)5)10-11-22-17-23(28)12-8-19(22)3/h10-11,18,20,23-26,28-29H,3,6-9,12-17H2,1-2,4-5H3/b21-10+,22-11+/t20?,23-,24-,25?,26-,27-/m1/s1. The highest BCUT2D eigenvalue weighted by molar-refractivity contribution is 5.36. The summed E-state index contributed by atoms with van der Waals surface area (Å²) < 4.78 is 0. The van der Waals surface area contributed by atoms with Gasteiger partial charge >= 0.3 is 0 Å². The van der Waals surface area contributed by atoms with Crippen LogP contribution in [0.3, 0.4) is 0 Å². The Balaban J connectivity index is 1.70. The summed E-state index contributed by atoms with van der Waals surface area (Å²) in [6.45, 7) is 13.4. The Morgan fingerprint density at radius 1 is 1.10 bits per heavy atom. The SMILES string of the molecule is C=C1CC[C@@H](O)C/C1=C\C=C1/CCC[C@@]2(C)C1CC[C@@H]2C(C)CC[C@@H](O)C(C)C. The van der Waals surface area contributed by atoms with Crippen molar-refractivity contribution < 1.29 is 10.2 Å². The van der Waals surface area contributed by atoms with Crippen molar-refractivity contribution in [3.05, 3.63) is 35.5 Å². The molecule has 2 unspecified atom stereocenters. The van der Waals surface area contributed by atoms with Crippen LogP contribution in [0.1, 0.15) is 91.9 Å². The van der Waals surface area contributed by atoms with Gasteiger partial charge in [-0.15, -0.1) is 0 Å². The van der Waals surface area contributed by atoms with E-state index in [1.807, 2.05) is 0 Å². The van der Waals surface area contributed by atoms with Crippen molar-refractivity contribution >= 4 is 0 Å². The van der Waals surface area contributed by atoms with Crippen LogP contribution < -0.4 is 0 Å². The molecule has 0 aromatic heterocycles. The summed E-state index contributed by atoms with van der Waals surface area (Å²) >= 11 is 0. The molecule has 6 atom stereocenters. The number of aliphatic hydroxyl groups excluding tert-OH is 2. The molecule has 29 heavy (non-hydrogen) atoms. The maximum Gasteiger partial charge on any atom is 0.0583 e. The predicted molar refractivity (Wildman–Crippen MR) is 123 cm³/mol. The molecule has 3 rings (SSSR count). The molecule has 0 aromatic rings. The number of aliphatic hydroxyl groups is 2. The largest absolute Gasteiger partial charge is 0.393 e. The minimum absolute atomic E-state index is 0.158. The highest BCUT2D eigenvalue weighted by Crippen LogP contribution is 2.59. The molecular weight excluding hydrogens is 356 g/mol. The van der Waals surface area contributed by atoms with Gasteiger partial charge in [0.25, 0.3) is 0 Å². The normalized spacial score (nSPS) is 37.9. The van der Waals surface area contributed by atoms with Gasteiger partial charge in [-0.25, -0.2) is 0 Å². The maximum atomic E-state index is 10.3. The summed E-state index contributed by atoms with van der Waals surface area (Å²) in [4.78, 5) is 0. The van der Waals surface area contributed by atoms with Gasteiger partial charge in [0.15, 0.2) is 0 Å². The van der Waals surface area contributed by atoms with Gasteiger partial charge in [0.1, 0.15) is 0 Å². The molecular formula is C27H44O2. The molecule has 0 aliphatic heterocycles. The van der Waals surface area contributed by atoms with Crippen molar-refractivity contribution in [2.45, 2.75) is 104 Å². The Morgan fingerprint density at radius 3 is 2.59 bits per heavy atom. The van der Waals surface area contributed by atoms with Crippen LogP contribution in [0.2, 0.25) is 0 Å². The third kappa shape index (κ3) is 5.07. The van der Waals surface area contributed by atoms with Crippen LogP contribution in [0.15, 0.2) is 35.5 Å². The van der Waals surface area contributed by atoms with Gasteiger partial charge < -0.3 is 10.2 Å². The summed E-state index contributed by atoms with van der Waals surface area (Å²) in [5.74, 6) is 2.52. The number of allylic oxidation sites excluding steroid dienone is 4. The second kappa shape index (κ2) is 9.52. The lowest BCUT2D eigenvalue weighted by Crippen LogP contribution is -2.36. The average Bonchev–Trinajstić information content (AvgIpc) is 3.04. The molecule has 0 heterocycles. The van der Waals surface area contributed by atoms with Gasteiger partial charge in [-0.3, -0.25) is 0 Å². The van der Waals surface area contributed by atoms with Crippen molar-refractivity contribution in [2.24, 2.45) is 29.1 Å². The second-order valence-corrected chi connectivity index (χ2v) is 10.9. The Kier molecular flexibility index (Phi) is 7.49. The average molecular weight is 401 g/mol. The smallest absolute Gasteiger partial charge is 0.0583 e. The maximum absolute atomic E-state index is 10.3. The monoisotopic (exact) mass is 400 g/mol. The molecule has 3 saturated carbocycles. The zero-order valence-corrected chi connectivity index (χ0v) is 19.3. The van der Waals surface area contributed by atoms with E-state index in [1.165, 1.54) is 43.3 Å². The van der Waals surface area contributed by atoms with Crippen LogP contribution in [0.25, 0.3) is 0 Å². The van der Waals surface area contributed by atoms with E-state index in [1.54, 1.807) is 5.57 Å². The molecule has 0 aromatic carbocycles. The number of hydrogen-bond donors (Lipinski definition) is 2. The first-order chi connectivity index (χ1) is 13.7. The minimum Gasteiger partial charge on any atom is -0.393 e. The lowest BCUT2D eigenvalue weighted by molar-refractivity contribution is 0.0717. The van der Waals surface area contributed by atoms with Gasteiger partial charge in [0, 0.05) is 0 Å². The van der Waals surface area contributed by atoms with Gasteiger partial charge in [-0.1, -0.05) is 57.6 Å². The molecule has 0 saturated heterocycles. The molecule has 0 spiro atoms. The first-order valence-corrected chi connectivity index (χ1v) is 12.2. The Hall–Kier alpha value is -0.860. The second-order valence-electron chi connectivity index (χ2n) is 10.9. The molecule has 3 fully saturated rings.